The lowest BCUT2D eigenvalue weighted by Crippen LogP contribution is -2.07. The van der Waals surface area contributed by atoms with Gasteiger partial charge in [-0.2, -0.15) is 0 Å². The third kappa shape index (κ3) is 3.54. The first-order valence-electron chi connectivity index (χ1n) is 7.80. The smallest absolute Gasteiger partial charge is 0.152 e. The van der Waals surface area contributed by atoms with Crippen LogP contribution in [-0.4, -0.2) is 24.1 Å². The molecule has 1 aromatic heterocycles. The van der Waals surface area contributed by atoms with Crippen molar-refractivity contribution in [1.82, 2.24) is 4.57 Å². The quantitative estimate of drug-likeness (QED) is 0.589. The molecule has 0 aliphatic carbocycles. The summed E-state index contributed by atoms with van der Waals surface area (Å²) in [5, 5.41) is 1.57. The van der Waals surface area contributed by atoms with E-state index < -0.39 is 0 Å². The van der Waals surface area contributed by atoms with Crippen LogP contribution in [0.1, 0.15) is 17.3 Å². The van der Waals surface area contributed by atoms with Crippen LogP contribution >= 0.6 is 11.6 Å². The predicted octanol–water partition coefficient (Wildman–Crippen LogP) is 4.58. The summed E-state index contributed by atoms with van der Waals surface area (Å²) in [5.41, 5.74) is 1.64. The molecule has 0 bridgehead atoms. The molecule has 0 N–H and O–H groups in total. The van der Waals surface area contributed by atoms with Crippen LogP contribution in [-0.2, 0) is 6.54 Å². The molecule has 124 valence electrons. The number of benzene rings is 2. The first kappa shape index (κ1) is 16.4. The molecule has 3 rings (SSSR count). The van der Waals surface area contributed by atoms with E-state index in [1.807, 2.05) is 48.0 Å². The maximum absolute atomic E-state index is 11.3. The number of carbonyl (C=O) groups is 1. The van der Waals surface area contributed by atoms with Crippen molar-refractivity contribution in [3.05, 3.63) is 59.2 Å². The standard InChI is InChI=1S/C19H18ClNO3/c1-2-23-17-7-8-19-18(11-17)14(13-22)12-21(19)9-10-24-16-5-3-15(20)4-6-16/h3-8,11-13H,2,9-10H2,1H3. The zero-order valence-electron chi connectivity index (χ0n) is 13.4. The van der Waals surface area contributed by atoms with Gasteiger partial charge in [-0.05, 0) is 49.4 Å². The first-order valence-corrected chi connectivity index (χ1v) is 8.18. The Morgan fingerprint density at radius 2 is 1.83 bits per heavy atom. The van der Waals surface area contributed by atoms with Gasteiger partial charge >= 0.3 is 0 Å². The van der Waals surface area contributed by atoms with Crippen LogP contribution in [0.3, 0.4) is 0 Å². The van der Waals surface area contributed by atoms with Crippen LogP contribution in [0.5, 0.6) is 11.5 Å². The Labute approximate surface area is 145 Å². The molecule has 0 atom stereocenters. The van der Waals surface area contributed by atoms with E-state index in [1.165, 1.54) is 0 Å². The molecule has 2 aromatic carbocycles. The van der Waals surface area contributed by atoms with E-state index >= 15 is 0 Å². The lowest BCUT2D eigenvalue weighted by atomic mass is 10.2. The SMILES string of the molecule is CCOc1ccc2c(c1)c(C=O)cn2CCOc1ccc(Cl)cc1. The molecule has 0 saturated heterocycles. The van der Waals surface area contributed by atoms with Gasteiger partial charge in [0.1, 0.15) is 18.1 Å². The highest BCUT2D eigenvalue weighted by molar-refractivity contribution is 6.30. The monoisotopic (exact) mass is 343 g/mol. The molecule has 3 aromatic rings. The number of aromatic nitrogens is 1. The van der Waals surface area contributed by atoms with E-state index in [0.717, 1.165) is 28.7 Å². The normalized spacial score (nSPS) is 10.8. The van der Waals surface area contributed by atoms with Gasteiger partial charge in [0, 0.05) is 27.7 Å². The second-order valence-electron chi connectivity index (χ2n) is 5.31. The Bertz CT molecular complexity index is 840. The van der Waals surface area contributed by atoms with Crippen molar-refractivity contribution < 1.29 is 14.3 Å². The summed E-state index contributed by atoms with van der Waals surface area (Å²) in [5.74, 6) is 1.54. The number of nitrogens with zero attached hydrogens (tertiary/aromatic N) is 1. The van der Waals surface area contributed by atoms with Gasteiger partial charge in [0.05, 0.1) is 13.2 Å². The summed E-state index contributed by atoms with van der Waals surface area (Å²) in [6, 6.07) is 13.0. The van der Waals surface area contributed by atoms with Crippen LogP contribution < -0.4 is 9.47 Å². The molecular formula is C19H18ClNO3. The van der Waals surface area contributed by atoms with Crippen molar-refractivity contribution in [1.29, 1.82) is 0 Å². The van der Waals surface area contributed by atoms with E-state index in [0.29, 0.717) is 30.3 Å². The fraction of sp³-hybridized carbons (Fsp3) is 0.211. The molecule has 0 fully saturated rings. The van der Waals surface area contributed by atoms with Crippen molar-refractivity contribution in [2.24, 2.45) is 0 Å². The maximum Gasteiger partial charge on any atom is 0.152 e. The van der Waals surface area contributed by atoms with Crippen LogP contribution in [0.15, 0.2) is 48.7 Å². The van der Waals surface area contributed by atoms with Gasteiger partial charge in [-0.3, -0.25) is 4.79 Å². The highest BCUT2D eigenvalue weighted by atomic mass is 35.5. The first-order chi connectivity index (χ1) is 11.7. The molecule has 5 heteroatoms. The molecule has 1 heterocycles. The molecule has 4 nitrogen and oxygen atoms in total. The third-order valence-electron chi connectivity index (χ3n) is 3.74. The molecule has 24 heavy (non-hydrogen) atoms. The zero-order chi connectivity index (χ0) is 16.9. The van der Waals surface area contributed by atoms with Gasteiger partial charge < -0.3 is 14.0 Å². The predicted molar refractivity (Wildman–Crippen MR) is 95.4 cm³/mol. The Morgan fingerprint density at radius 3 is 2.54 bits per heavy atom. The van der Waals surface area contributed by atoms with Gasteiger partial charge in [-0.1, -0.05) is 11.6 Å². The van der Waals surface area contributed by atoms with Gasteiger partial charge in [0.15, 0.2) is 6.29 Å². The summed E-state index contributed by atoms with van der Waals surface area (Å²) in [4.78, 5) is 11.3. The second-order valence-corrected chi connectivity index (χ2v) is 5.75. The number of hydrogen-bond donors (Lipinski definition) is 0. The summed E-state index contributed by atoms with van der Waals surface area (Å²) >= 11 is 5.86. The molecular weight excluding hydrogens is 326 g/mol. The third-order valence-corrected chi connectivity index (χ3v) is 3.99. The summed E-state index contributed by atoms with van der Waals surface area (Å²) < 4.78 is 13.3. The molecule has 0 aliphatic heterocycles. The Kier molecular flexibility index (Phi) is 5.06. The largest absolute Gasteiger partial charge is 0.494 e. The number of ether oxygens (including phenoxy) is 2. The minimum absolute atomic E-state index is 0.497. The van der Waals surface area contributed by atoms with Gasteiger partial charge in [0.25, 0.3) is 0 Å². The topological polar surface area (TPSA) is 40.5 Å². The molecule has 0 saturated carbocycles. The van der Waals surface area contributed by atoms with Crippen LogP contribution in [0.4, 0.5) is 0 Å². The van der Waals surface area contributed by atoms with Gasteiger partial charge in [-0.25, -0.2) is 0 Å². The Morgan fingerprint density at radius 1 is 1.08 bits per heavy atom. The zero-order valence-corrected chi connectivity index (χ0v) is 14.1. The molecule has 0 spiro atoms. The van der Waals surface area contributed by atoms with Crippen LogP contribution in [0.25, 0.3) is 10.9 Å². The highest BCUT2D eigenvalue weighted by Crippen LogP contribution is 2.25. The van der Waals surface area contributed by atoms with Crippen molar-refractivity contribution in [2.45, 2.75) is 13.5 Å². The number of halogens is 1. The highest BCUT2D eigenvalue weighted by Gasteiger charge is 2.09. The molecule has 0 radical (unpaired) electrons. The van der Waals surface area contributed by atoms with Gasteiger partial charge in [0.2, 0.25) is 0 Å². The van der Waals surface area contributed by atoms with Crippen LogP contribution in [0, 0.1) is 0 Å². The number of fused-ring (bicyclic) bond motifs is 1. The van der Waals surface area contributed by atoms with E-state index in [1.54, 1.807) is 12.1 Å². The summed E-state index contributed by atoms with van der Waals surface area (Å²) in [7, 11) is 0. The molecule has 0 unspecified atom stereocenters. The minimum Gasteiger partial charge on any atom is -0.494 e. The summed E-state index contributed by atoms with van der Waals surface area (Å²) in [6.07, 6.45) is 2.72. The Hall–Kier alpha value is -2.46. The molecule has 0 amide bonds. The minimum atomic E-state index is 0.497. The van der Waals surface area contributed by atoms with E-state index in [-0.39, 0.29) is 0 Å². The maximum atomic E-state index is 11.3. The second kappa shape index (κ2) is 7.41. The number of hydrogen-bond acceptors (Lipinski definition) is 3. The molecule has 0 aliphatic rings. The van der Waals surface area contributed by atoms with E-state index in [4.69, 9.17) is 21.1 Å². The number of carbonyl (C=O) groups excluding carboxylic acids is 1. The van der Waals surface area contributed by atoms with Gasteiger partial charge in [-0.15, -0.1) is 0 Å². The van der Waals surface area contributed by atoms with Crippen molar-refractivity contribution in [3.8, 4) is 11.5 Å². The van der Waals surface area contributed by atoms with E-state index in [9.17, 15) is 4.79 Å². The van der Waals surface area contributed by atoms with Crippen molar-refractivity contribution in [2.75, 3.05) is 13.2 Å². The fourth-order valence-corrected chi connectivity index (χ4v) is 2.76. The Balaban J connectivity index is 1.76. The van der Waals surface area contributed by atoms with Crippen molar-refractivity contribution >= 4 is 28.8 Å². The van der Waals surface area contributed by atoms with Crippen LogP contribution in [0.2, 0.25) is 5.02 Å². The summed E-state index contributed by atoms with van der Waals surface area (Å²) in [6.45, 7) is 3.67. The average Bonchev–Trinajstić information content (AvgIpc) is 2.94. The van der Waals surface area contributed by atoms with Crippen molar-refractivity contribution in [3.63, 3.8) is 0 Å². The lowest BCUT2D eigenvalue weighted by Gasteiger charge is -2.09. The fourth-order valence-electron chi connectivity index (χ4n) is 2.63. The average molecular weight is 344 g/mol. The number of rotatable bonds is 7. The number of aldehydes is 1. The van der Waals surface area contributed by atoms with E-state index in [2.05, 4.69) is 0 Å². The lowest BCUT2D eigenvalue weighted by molar-refractivity contribution is 0.112.